The number of thioether (sulfide) groups is 1. The van der Waals surface area contributed by atoms with Gasteiger partial charge in [0.2, 0.25) is 0 Å². The van der Waals surface area contributed by atoms with Crippen molar-refractivity contribution in [3.8, 4) is 5.75 Å². The Labute approximate surface area is 131 Å². The third-order valence-electron chi connectivity index (χ3n) is 4.77. The van der Waals surface area contributed by atoms with Gasteiger partial charge in [0.05, 0.1) is 6.54 Å². The van der Waals surface area contributed by atoms with E-state index in [1.807, 2.05) is 17.8 Å². The largest absolute Gasteiger partial charge is 0.488 e. The maximum atomic E-state index is 5.95. The van der Waals surface area contributed by atoms with Crippen LogP contribution in [0.1, 0.15) is 32.3 Å². The highest BCUT2D eigenvalue weighted by atomic mass is 32.2. The second kappa shape index (κ2) is 6.30. The number of amidine groups is 1. The van der Waals surface area contributed by atoms with Crippen LogP contribution in [0.5, 0.6) is 5.75 Å². The fraction of sp³-hybridized carbons (Fsp3) is 0.588. The molecule has 3 nitrogen and oxygen atoms in total. The molecule has 114 valence electrons. The standard InChI is InChI=1S/C17H24N2OS/c1-3-17(4-2)11-19-16(21-12-17)18-10-14-9-13-7-5-6-8-15(13)20-14/h5-8,14H,3-4,9-12H2,1-2H3,(H,18,19). The van der Waals surface area contributed by atoms with Gasteiger partial charge in [-0.15, -0.1) is 0 Å². The molecule has 2 aliphatic heterocycles. The van der Waals surface area contributed by atoms with E-state index < -0.39 is 0 Å². The Kier molecular flexibility index (Phi) is 4.43. The molecule has 3 rings (SSSR count). The summed E-state index contributed by atoms with van der Waals surface area (Å²) in [7, 11) is 0. The minimum absolute atomic E-state index is 0.231. The molecule has 1 N–H and O–H groups in total. The Balaban J connectivity index is 1.50. The van der Waals surface area contributed by atoms with Crippen LogP contribution in [-0.4, -0.2) is 30.1 Å². The zero-order chi connectivity index (χ0) is 14.7. The van der Waals surface area contributed by atoms with Crippen LogP contribution in [0.25, 0.3) is 0 Å². The summed E-state index contributed by atoms with van der Waals surface area (Å²) < 4.78 is 5.95. The Hall–Kier alpha value is -1.16. The van der Waals surface area contributed by atoms with Gasteiger partial charge in [-0.1, -0.05) is 43.8 Å². The van der Waals surface area contributed by atoms with Crippen molar-refractivity contribution >= 4 is 16.9 Å². The lowest BCUT2D eigenvalue weighted by molar-refractivity contribution is 0.235. The molecule has 0 amide bonds. The van der Waals surface area contributed by atoms with E-state index in [4.69, 9.17) is 9.73 Å². The summed E-state index contributed by atoms with van der Waals surface area (Å²) in [5.74, 6) is 2.22. The van der Waals surface area contributed by atoms with Crippen LogP contribution in [0.4, 0.5) is 0 Å². The Morgan fingerprint density at radius 2 is 2.14 bits per heavy atom. The van der Waals surface area contributed by atoms with Crippen LogP contribution in [0.2, 0.25) is 0 Å². The van der Waals surface area contributed by atoms with Crippen LogP contribution in [0.3, 0.4) is 0 Å². The SMILES string of the molecule is CCC1(CC)CN=C(NCC2Cc3ccccc3O2)SC1. The van der Waals surface area contributed by atoms with Crippen molar-refractivity contribution in [3.05, 3.63) is 29.8 Å². The fourth-order valence-corrected chi connectivity index (χ4v) is 4.19. The van der Waals surface area contributed by atoms with Gasteiger partial charge in [0, 0.05) is 18.7 Å². The summed E-state index contributed by atoms with van der Waals surface area (Å²) in [5, 5.41) is 4.56. The zero-order valence-electron chi connectivity index (χ0n) is 12.9. The number of fused-ring (bicyclic) bond motifs is 1. The number of hydrogen-bond acceptors (Lipinski definition) is 4. The Morgan fingerprint density at radius 1 is 1.33 bits per heavy atom. The van der Waals surface area contributed by atoms with Crippen LogP contribution in [-0.2, 0) is 6.42 Å². The molecule has 1 unspecified atom stereocenters. The molecule has 4 heteroatoms. The van der Waals surface area contributed by atoms with E-state index in [1.54, 1.807) is 0 Å². The Bertz CT molecular complexity index is 500. The van der Waals surface area contributed by atoms with Gasteiger partial charge in [-0.2, -0.15) is 0 Å². The highest BCUT2D eigenvalue weighted by Crippen LogP contribution is 2.35. The van der Waals surface area contributed by atoms with E-state index in [1.165, 1.54) is 24.2 Å². The molecular formula is C17H24N2OS. The van der Waals surface area contributed by atoms with Gasteiger partial charge < -0.3 is 10.1 Å². The molecular weight excluding hydrogens is 280 g/mol. The van der Waals surface area contributed by atoms with Crippen LogP contribution in [0.15, 0.2) is 29.3 Å². The van der Waals surface area contributed by atoms with Gasteiger partial charge in [0.25, 0.3) is 0 Å². The number of ether oxygens (including phenoxy) is 1. The van der Waals surface area contributed by atoms with Crippen molar-refractivity contribution in [2.45, 2.75) is 39.2 Å². The number of nitrogens with zero attached hydrogens (tertiary/aromatic N) is 1. The van der Waals surface area contributed by atoms with Crippen molar-refractivity contribution in [2.24, 2.45) is 10.4 Å². The van der Waals surface area contributed by atoms with E-state index in [9.17, 15) is 0 Å². The highest BCUT2D eigenvalue weighted by molar-refractivity contribution is 8.13. The van der Waals surface area contributed by atoms with Gasteiger partial charge in [-0.3, -0.25) is 4.99 Å². The van der Waals surface area contributed by atoms with Gasteiger partial charge in [0.1, 0.15) is 11.9 Å². The number of rotatable bonds is 4. The molecule has 0 aromatic heterocycles. The summed E-state index contributed by atoms with van der Waals surface area (Å²) in [4.78, 5) is 4.75. The van der Waals surface area contributed by atoms with E-state index >= 15 is 0 Å². The first-order chi connectivity index (χ1) is 10.2. The molecule has 2 aliphatic rings. The molecule has 0 fully saturated rings. The third kappa shape index (κ3) is 3.20. The first kappa shape index (κ1) is 14.8. The molecule has 0 aliphatic carbocycles. The first-order valence-electron chi connectivity index (χ1n) is 7.90. The summed E-state index contributed by atoms with van der Waals surface area (Å²) >= 11 is 1.87. The van der Waals surface area contributed by atoms with E-state index in [0.29, 0.717) is 5.41 Å². The average Bonchev–Trinajstić information content (AvgIpc) is 2.96. The van der Waals surface area contributed by atoms with E-state index in [-0.39, 0.29) is 6.10 Å². The molecule has 0 bridgehead atoms. The topological polar surface area (TPSA) is 33.6 Å². The van der Waals surface area contributed by atoms with Crippen molar-refractivity contribution in [3.63, 3.8) is 0 Å². The highest BCUT2D eigenvalue weighted by Gasteiger charge is 2.30. The Morgan fingerprint density at radius 3 is 2.81 bits per heavy atom. The lowest BCUT2D eigenvalue weighted by Crippen LogP contribution is -2.38. The van der Waals surface area contributed by atoms with E-state index in [2.05, 4.69) is 37.4 Å². The molecule has 1 atom stereocenters. The second-order valence-corrected chi connectivity index (χ2v) is 7.01. The zero-order valence-corrected chi connectivity index (χ0v) is 13.7. The third-order valence-corrected chi connectivity index (χ3v) is 6.07. The number of hydrogen-bond donors (Lipinski definition) is 1. The summed E-state index contributed by atoms with van der Waals surface area (Å²) in [6.45, 7) is 6.36. The maximum absolute atomic E-state index is 5.95. The number of nitrogens with one attached hydrogen (secondary N) is 1. The quantitative estimate of drug-likeness (QED) is 0.924. The smallest absolute Gasteiger partial charge is 0.156 e. The molecule has 21 heavy (non-hydrogen) atoms. The number of benzene rings is 1. The fourth-order valence-electron chi connectivity index (χ4n) is 2.91. The maximum Gasteiger partial charge on any atom is 0.156 e. The lowest BCUT2D eigenvalue weighted by atomic mass is 9.84. The first-order valence-corrected chi connectivity index (χ1v) is 8.89. The van der Waals surface area contributed by atoms with Crippen molar-refractivity contribution in [2.75, 3.05) is 18.8 Å². The molecule has 0 spiro atoms. The van der Waals surface area contributed by atoms with Gasteiger partial charge >= 0.3 is 0 Å². The van der Waals surface area contributed by atoms with Crippen LogP contribution >= 0.6 is 11.8 Å². The van der Waals surface area contributed by atoms with Gasteiger partial charge in [-0.05, 0) is 29.9 Å². The molecule has 0 saturated heterocycles. The molecule has 1 aromatic carbocycles. The summed E-state index contributed by atoms with van der Waals surface area (Å²) in [6, 6.07) is 8.32. The van der Waals surface area contributed by atoms with E-state index in [0.717, 1.165) is 30.4 Å². The summed E-state index contributed by atoms with van der Waals surface area (Å²) in [6.07, 6.45) is 3.66. The molecule has 0 radical (unpaired) electrons. The lowest BCUT2D eigenvalue weighted by Gasteiger charge is -2.33. The van der Waals surface area contributed by atoms with Crippen molar-refractivity contribution in [1.82, 2.24) is 5.32 Å². The summed E-state index contributed by atoms with van der Waals surface area (Å²) in [5.41, 5.74) is 1.73. The monoisotopic (exact) mass is 304 g/mol. The number of aliphatic imine (C=N–C) groups is 1. The number of para-hydroxylation sites is 1. The minimum atomic E-state index is 0.231. The van der Waals surface area contributed by atoms with Gasteiger partial charge in [-0.25, -0.2) is 0 Å². The van der Waals surface area contributed by atoms with Crippen molar-refractivity contribution < 1.29 is 4.74 Å². The molecule has 1 aromatic rings. The molecule has 2 heterocycles. The minimum Gasteiger partial charge on any atom is -0.488 e. The normalized spacial score (nSPS) is 23.1. The second-order valence-electron chi connectivity index (χ2n) is 6.05. The predicted molar refractivity (Wildman–Crippen MR) is 90.3 cm³/mol. The van der Waals surface area contributed by atoms with Crippen LogP contribution < -0.4 is 10.1 Å². The van der Waals surface area contributed by atoms with Crippen LogP contribution in [0, 0.1) is 5.41 Å². The van der Waals surface area contributed by atoms with Crippen molar-refractivity contribution in [1.29, 1.82) is 0 Å². The molecule has 0 saturated carbocycles. The predicted octanol–water partition coefficient (Wildman–Crippen LogP) is 3.49. The van der Waals surface area contributed by atoms with Gasteiger partial charge in [0.15, 0.2) is 5.17 Å². The average molecular weight is 304 g/mol.